The molecule has 1 aliphatic heterocycles. The van der Waals surface area contributed by atoms with E-state index in [1.807, 2.05) is 6.07 Å². The van der Waals surface area contributed by atoms with Crippen LogP contribution in [0.15, 0.2) is 24.3 Å². The van der Waals surface area contributed by atoms with E-state index in [1.165, 1.54) is 0 Å². The topological polar surface area (TPSA) is 55.8 Å². The van der Waals surface area contributed by atoms with Gasteiger partial charge in [0, 0.05) is 13.2 Å². The third kappa shape index (κ3) is 2.37. The Labute approximate surface area is 88.0 Å². The predicted molar refractivity (Wildman–Crippen MR) is 55.3 cm³/mol. The first-order valence-corrected chi connectivity index (χ1v) is 4.84. The van der Waals surface area contributed by atoms with Gasteiger partial charge in [-0.05, 0) is 24.0 Å². The molecule has 0 bridgehead atoms. The van der Waals surface area contributed by atoms with Crippen molar-refractivity contribution in [1.82, 2.24) is 0 Å². The number of aromatic carboxylic acids is 1. The summed E-state index contributed by atoms with van der Waals surface area (Å²) in [5.41, 5.74) is 1.01. The fourth-order valence-electron chi connectivity index (χ4n) is 1.50. The highest BCUT2D eigenvalue weighted by molar-refractivity contribution is 6.61. The lowest BCUT2D eigenvalue weighted by molar-refractivity contribution is 0.0697. The van der Waals surface area contributed by atoms with Gasteiger partial charge in [-0.1, -0.05) is 12.1 Å². The number of carboxylic acid groups (broad SMARTS) is 1. The molecule has 1 aromatic rings. The Balaban J connectivity index is 2.19. The van der Waals surface area contributed by atoms with Crippen molar-refractivity contribution < 1.29 is 19.2 Å². The predicted octanol–water partition coefficient (Wildman–Crippen LogP) is 0.517. The van der Waals surface area contributed by atoms with Gasteiger partial charge in [0.15, 0.2) is 0 Å². The van der Waals surface area contributed by atoms with E-state index in [0.29, 0.717) is 13.2 Å². The monoisotopic (exact) mass is 206 g/mol. The van der Waals surface area contributed by atoms with Crippen LogP contribution in [0.2, 0.25) is 0 Å². The molecule has 15 heavy (non-hydrogen) atoms. The van der Waals surface area contributed by atoms with E-state index >= 15 is 0 Å². The highest BCUT2D eigenvalue weighted by atomic mass is 16.6. The van der Waals surface area contributed by atoms with Crippen molar-refractivity contribution in [2.45, 2.75) is 6.42 Å². The summed E-state index contributed by atoms with van der Waals surface area (Å²) in [7, 11) is -0.418. The van der Waals surface area contributed by atoms with Gasteiger partial charge < -0.3 is 14.4 Å². The van der Waals surface area contributed by atoms with Gasteiger partial charge in [0.2, 0.25) is 0 Å². The molecule has 0 unspecified atom stereocenters. The van der Waals surface area contributed by atoms with Crippen LogP contribution in [0.5, 0.6) is 0 Å². The minimum Gasteiger partial charge on any atom is -0.478 e. The molecule has 2 rings (SSSR count). The quantitative estimate of drug-likeness (QED) is 0.716. The maximum absolute atomic E-state index is 10.8. The molecule has 1 aromatic carbocycles. The molecule has 5 heteroatoms. The van der Waals surface area contributed by atoms with Crippen LogP contribution in [0.25, 0.3) is 0 Å². The van der Waals surface area contributed by atoms with Gasteiger partial charge in [-0.15, -0.1) is 0 Å². The van der Waals surface area contributed by atoms with Crippen LogP contribution in [0.1, 0.15) is 16.8 Å². The van der Waals surface area contributed by atoms with Crippen molar-refractivity contribution in [1.29, 1.82) is 0 Å². The van der Waals surface area contributed by atoms with Gasteiger partial charge in [-0.2, -0.15) is 0 Å². The van der Waals surface area contributed by atoms with E-state index in [1.54, 1.807) is 18.2 Å². The molecule has 1 aliphatic rings. The Morgan fingerprint density at radius 3 is 2.73 bits per heavy atom. The lowest BCUT2D eigenvalue weighted by Gasteiger charge is -2.19. The van der Waals surface area contributed by atoms with E-state index < -0.39 is 13.1 Å². The summed E-state index contributed by atoms with van der Waals surface area (Å²) in [6.07, 6.45) is 0.884. The minimum absolute atomic E-state index is 0.255. The van der Waals surface area contributed by atoms with Crippen molar-refractivity contribution in [2.75, 3.05) is 13.2 Å². The molecule has 0 radical (unpaired) electrons. The summed E-state index contributed by atoms with van der Waals surface area (Å²) in [6.45, 7) is 1.31. The summed E-state index contributed by atoms with van der Waals surface area (Å²) in [6, 6.07) is 6.63. The third-order valence-corrected chi connectivity index (χ3v) is 2.23. The average molecular weight is 206 g/mol. The molecule has 1 heterocycles. The van der Waals surface area contributed by atoms with Gasteiger partial charge in [-0.25, -0.2) is 4.79 Å². The summed E-state index contributed by atoms with van der Waals surface area (Å²) < 4.78 is 10.8. The second-order valence-corrected chi connectivity index (χ2v) is 3.36. The van der Waals surface area contributed by atoms with E-state index in [0.717, 1.165) is 11.9 Å². The van der Waals surface area contributed by atoms with E-state index in [2.05, 4.69) is 0 Å². The molecule has 78 valence electrons. The minimum atomic E-state index is -0.937. The fraction of sp³-hybridized carbons (Fsp3) is 0.300. The lowest BCUT2D eigenvalue weighted by atomic mass is 9.77. The summed E-state index contributed by atoms with van der Waals surface area (Å²) in [5.74, 6) is -0.937. The molecule has 0 aromatic heterocycles. The van der Waals surface area contributed by atoms with Crippen LogP contribution in [0.4, 0.5) is 0 Å². The largest absolute Gasteiger partial charge is 0.493 e. The summed E-state index contributed by atoms with van der Waals surface area (Å²) >= 11 is 0. The van der Waals surface area contributed by atoms with Crippen molar-refractivity contribution in [3.8, 4) is 0 Å². The van der Waals surface area contributed by atoms with Crippen LogP contribution < -0.4 is 5.46 Å². The zero-order chi connectivity index (χ0) is 10.7. The Morgan fingerprint density at radius 2 is 2.07 bits per heavy atom. The number of carboxylic acids is 1. The summed E-state index contributed by atoms with van der Waals surface area (Å²) in [4.78, 5) is 10.8. The van der Waals surface area contributed by atoms with Crippen molar-refractivity contribution in [2.24, 2.45) is 0 Å². The maximum atomic E-state index is 10.8. The first kappa shape index (κ1) is 10.2. The molecule has 1 N–H and O–H groups in total. The van der Waals surface area contributed by atoms with Crippen LogP contribution >= 0.6 is 0 Å². The molecule has 0 atom stereocenters. The van der Waals surface area contributed by atoms with Crippen LogP contribution in [-0.4, -0.2) is 31.4 Å². The zero-order valence-corrected chi connectivity index (χ0v) is 8.18. The third-order valence-electron chi connectivity index (χ3n) is 2.23. The highest BCUT2D eigenvalue weighted by Crippen LogP contribution is 2.04. The van der Waals surface area contributed by atoms with Gasteiger partial charge in [0.25, 0.3) is 0 Å². The van der Waals surface area contributed by atoms with E-state index in [-0.39, 0.29) is 5.56 Å². The second kappa shape index (κ2) is 4.46. The molecule has 0 amide bonds. The Hall–Kier alpha value is -1.33. The molecular formula is C10H11BO4. The SMILES string of the molecule is O=C(O)c1cccc(B2OCCCO2)c1. The van der Waals surface area contributed by atoms with Crippen molar-refractivity contribution >= 4 is 18.6 Å². The lowest BCUT2D eigenvalue weighted by Crippen LogP contribution is -2.41. The highest BCUT2D eigenvalue weighted by Gasteiger charge is 2.24. The molecular weight excluding hydrogens is 195 g/mol. The smallest absolute Gasteiger partial charge is 0.478 e. The number of rotatable bonds is 2. The maximum Gasteiger partial charge on any atom is 0.493 e. The Bertz CT molecular complexity index is 360. The van der Waals surface area contributed by atoms with Gasteiger partial charge >= 0.3 is 13.1 Å². The molecule has 0 aliphatic carbocycles. The standard InChI is InChI=1S/C10H11BO4/c12-10(13)8-3-1-4-9(7-8)11-14-5-2-6-15-11/h1,3-4,7H,2,5-6H2,(H,12,13). The number of benzene rings is 1. The van der Waals surface area contributed by atoms with Gasteiger partial charge in [0.05, 0.1) is 5.56 Å². The number of hydrogen-bond acceptors (Lipinski definition) is 3. The zero-order valence-electron chi connectivity index (χ0n) is 8.18. The average Bonchev–Trinajstić information content (AvgIpc) is 2.30. The van der Waals surface area contributed by atoms with E-state index in [4.69, 9.17) is 14.4 Å². The van der Waals surface area contributed by atoms with Gasteiger partial charge in [0.1, 0.15) is 0 Å². The molecule has 4 nitrogen and oxygen atoms in total. The normalized spacial score (nSPS) is 16.4. The number of hydrogen-bond donors (Lipinski definition) is 1. The first-order valence-electron chi connectivity index (χ1n) is 4.84. The van der Waals surface area contributed by atoms with Crippen molar-refractivity contribution in [3.05, 3.63) is 29.8 Å². The van der Waals surface area contributed by atoms with E-state index in [9.17, 15) is 4.79 Å². The van der Waals surface area contributed by atoms with Crippen molar-refractivity contribution in [3.63, 3.8) is 0 Å². The molecule has 0 spiro atoms. The fourth-order valence-corrected chi connectivity index (χ4v) is 1.50. The summed E-state index contributed by atoms with van der Waals surface area (Å²) in [5, 5.41) is 8.83. The van der Waals surface area contributed by atoms with Crippen LogP contribution in [0.3, 0.4) is 0 Å². The van der Waals surface area contributed by atoms with Gasteiger partial charge in [-0.3, -0.25) is 0 Å². The Morgan fingerprint density at radius 1 is 1.33 bits per heavy atom. The second-order valence-electron chi connectivity index (χ2n) is 3.36. The molecule has 0 saturated carbocycles. The Kier molecular flexibility index (Phi) is 3.04. The van der Waals surface area contributed by atoms with Crippen LogP contribution in [-0.2, 0) is 9.31 Å². The molecule has 1 saturated heterocycles. The number of carbonyl (C=O) groups is 1. The first-order chi connectivity index (χ1) is 7.27. The van der Waals surface area contributed by atoms with Crippen LogP contribution in [0, 0.1) is 0 Å². The molecule has 1 fully saturated rings.